The normalized spacial score (nSPS) is 18.5. The predicted molar refractivity (Wildman–Crippen MR) is 135 cm³/mol. The highest BCUT2D eigenvalue weighted by atomic mass is 28.3. The van der Waals surface area contributed by atoms with Gasteiger partial charge >= 0.3 is 6.03 Å². The van der Waals surface area contributed by atoms with Crippen LogP contribution in [-0.4, -0.2) is 35.1 Å². The van der Waals surface area contributed by atoms with Crippen LogP contribution < -0.4 is 10.6 Å². The molecule has 0 saturated heterocycles. The molecule has 1 aliphatic heterocycles. The average Bonchev–Trinajstić information content (AvgIpc) is 3.19. The van der Waals surface area contributed by atoms with Crippen molar-refractivity contribution in [2.75, 3.05) is 10.6 Å². The Morgan fingerprint density at radius 3 is 2.45 bits per heavy atom. The molecule has 1 fully saturated rings. The number of rotatable bonds is 5. The third-order valence-electron chi connectivity index (χ3n) is 8.00. The van der Waals surface area contributed by atoms with Gasteiger partial charge in [0.25, 0.3) is 0 Å². The smallest absolute Gasteiger partial charge is 0.309 e. The van der Waals surface area contributed by atoms with E-state index in [0.717, 1.165) is 53.8 Å². The fourth-order valence-corrected chi connectivity index (χ4v) is 7.99. The molecule has 3 amide bonds. The van der Waals surface area contributed by atoms with E-state index in [0.29, 0.717) is 12.4 Å². The summed E-state index contributed by atoms with van der Waals surface area (Å²) < 4.78 is 0. The number of aryl methyl sites for hydroxylation is 2. The van der Waals surface area contributed by atoms with Crippen molar-refractivity contribution in [2.45, 2.75) is 90.1 Å². The number of carbonyl (C=O) groups excluding carboxylic acids is 2. The van der Waals surface area contributed by atoms with Crippen molar-refractivity contribution in [2.24, 2.45) is 0 Å². The monoisotopic (exact) mass is 467 g/mol. The molecule has 0 radical (unpaired) electrons. The first-order valence-electron chi connectivity index (χ1n) is 12.0. The van der Waals surface area contributed by atoms with Crippen LogP contribution in [0.25, 0.3) is 0 Å². The molecule has 1 saturated carbocycles. The fourth-order valence-electron chi connectivity index (χ4n) is 5.40. The van der Waals surface area contributed by atoms with Crippen LogP contribution in [0, 0.1) is 6.92 Å². The minimum absolute atomic E-state index is 0.0930. The molecular weight excluding hydrogens is 430 g/mol. The Kier molecular flexibility index (Phi) is 5.71. The molecule has 0 bridgehead atoms. The van der Waals surface area contributed by atoms with E-state index in [2.05, 4.69) is 47.4 Å². The van der Waals surface area contributed by atoms with E-state index in [1.807, 2.05) is 43.9 Å². The molecule has 1 aromatic carbocycles. The molecule has 2 heterocycles. The van der Waals surface area contributed by atoms with Crippen molar-refractivity contribution in [1.82, 2.24) is 15.1 Å². The third-order valence-corrected chi connectivity index (χ3v) is 11.6. The molecule has 33 heavy (non-hydrogen) atoms. The van der Waals surface area contributed by atoms with Gasteiger partial charge in [-0.05, 0) is 51.2 Å². The third kappa shape index (κ3) is 3.68. The number of urea groups is 1. The maximum atomic E-state index is 13.4. The van der Waals surface area contributed by atoms with E-state index in [1.54, 1.807) is 0 Å². The van der Waals surface area contributed by atoms with Gasteiger partial charge in [-0.2, -0.15) is 5.10 Å². The highest BCUT2D eigenvalue weighted by molar-refractivity contribution is 6.83. The number of amides is 3. The molecule has 0 atom stereocenters. The lowest BCUT2D eigenvalue weighted by Gasteiger charge is -2.48. The summed E-state index contributed by atoms with van der Waals surface area (Å²) in [5.41, 5.74) is 4.25. The number of hydrogen-bond donors (Lipinski definition) is 3. The van der Waals surface area contributed by atoms with E-state index >= 15 is 0 Å². The van der Waals surface area contributed by atoms with Gasteiger partial charge in [0.15, 0.2) is 5.82 Å². The second kappa shape index (κ2) is 8.01. The van der Waals surface area contributed by atoms with Crippen LogP contribution in [0.3, 0.4) is 0 Å². The standard InChI is InChI=1S/C25H37N5O2Si/c1-8-17-12-9-11-16(2)19(17)26-23(32)30-15-18-20(24(30,3)4)28-29-21(18)27-22(31)25(13-10-14-25)33(5,6)7/h9,11-12H,8,10,13-15H2,1-7H3,(H,26,32)(H2,27,28,29,31). The molecule has 7 nitrogen and oxygen atoms in total. The van der Waals surface area contributed by atoms with Gasteiger partial charge in [0.05, 0.1) is 25.9 Å². The van der Waals surface area contributed by atoms with E-state index < -0.39 is 13.6 Å². The molecule has 2 aliphatic rings. The Hall–Kier alpha value is -2.61. The van der Waals surface area contributed by atoms with Crippen molar-refractivity contribution in [3.05, 3.63) is 40.6 Å². The number of fused-ring (bicyclic) bond motifs is 1. The van der Waals surface area contributed by atoms with Crippen LogP contribution in [0.4, 0.5) is 16.3 Å². The number of nitrogens with one attached hydrogen (secondary N) is 3. The zero-order valence-electron chi connectivity index (χ0n) is 21.0. The number of hydrogen-bond acceptors (Lipinski definition) is 3. The molecule has 1 aliphatic carbocycles. The second-order valence-corrected chi connectivity index (χ2v) is 16.6. The Morgan fingerprint density at radius 2 is 1.88 bits per heavy atom. The Labute approximate surface area is 197 Å². The highest BCUT2D eigenvalue weighted by Gasteiger charge is 2.54. The molecule has 0 unspecified atom stereocenters. The fraction of sp³-hybridized carbons (Fsp3) is 0.560. The Bertz CT molecular complexity index is 1090. The highest BCUT2D eigenvalue weighted by Crippen LogP contribution is 2.56. The number of aromatic amines is 1. The van der Waals surface area contributed by atoms with E-state index in [-0.39, 0.29) is 17.0 Å². The molecule has 1 aromatic heterocycles. The zero-order valence-corrected chi connectivity index (χ0v) is 22.0. The summed E-state index contributed by atoms with van der Waals surface area (Å²) in [6.45, 7) is 15.3. The predicted octanol–water partition coefficient (Wildman–Crippen LogP) is 5.76. The van der Waals surface area contributed by atoms with Crippen molar-refractivity contribution in [1.29, 1.82) is 0 Å². The van der Waals surface area contributed by atoms with Crippen LogP contribution in [-0.2, 0) is 23.3 Å². The van der Waals surface area contributed by atoms with Crippen LogP contribution in [0.15, 0.2) is 18.2 Å². The minimum Gasteiger partial charge on any atom is -0.309 e. The minimum atomic E-state index is -1.69. The van der Waals surface area contributed by atoms with Crippen molar-refractivity contribution in [3.8, 4) is 0 Å². The Morgan fingerprint density at radius 1 is 1.18 bits per heavy atom. The lowest BCUT2D eigenvalue weighted by molar-refractivity contribution is -0.121. The number of aromatic nitrogens is 2. The molecule has 178 valence electrons. The number of para-hydroxylation sites is 1. The summed E-state index contributed by atoms with van der Waals surface area (Å²) in [4.78, 5) is 28.6. The van der Waals surface area contributed by atoms with Gasteiger partial charge in [-0.15, -0.1) is 0 Å². The van der Waals surface area contributed by atoms with E-state index in [9.17, 15) is 9.59 Å². The number of H-pyrrole nitrogens is 1. The van der Waals surface area contributed by atoms with Crippen LogP contribution in [0.2, 0.25) is 24.7 Å². The van der Waals surface area contributed by atoms with Crippen LogP contribution >= 0.6 is 0 Å². The quantitative estimate of drug-likeness (QED) is 0.488. The zero-order chi connectivity index (χ0) is 24.2. The maximum absolute atomic E-state index is 13.4. The van der Waals surface area contributed by atoms with Crippen LogP contribution in [0.1, 0.15) is 62.4 Å². The largest absolute Gasteiger partial charge is 0.322 e. The van der Waals surface area contributed by atoms with Crippen molar-refractivity contribution in [3.63, 3.8) is 0 Å². The maximum Gasteiger partial charge on any atom is 0.322 e. The van der Waals surface area contributed by atoms with Crippen LogP contribution in [0.5, 0.6) is 0 Å². The lowest BCUT2D eigenvalue weighted by atomic mass is 9.83. The van der Waals surface area contributed by atoms with E-state index in [4.69, 9.17) is 0 Å². The SMILES string of the molecule is CCc1cccc(C)c1NC(=O)N1Cc2c(NC(=O)C3([Si](C)(C)C)CCC3)n[nH]c2C1(C)C. The molecule has 4 rings (SSSR count). The topological polar surface area (TPSA) is 90.1 Å². The van der Waals surface area contributed by atoms with Gasteiger partial charge in [-0.25, -0.2) is 4.79 Å². The number of carbonyl (C=O) groups is 2. The average molecular weight is 468 g/mol. The van der Waals surface area contributed by atoms with Gasteiger partial charge in [-0.3, -0.25) is 9.89 Å². The molecule has 0 spiro atoms. The Balaban J connectivity index is 1.56. The molecule has 3 N–H and O–H groups in total. The summed E-state index contributed by atoms with van der Waals surface area (Å²) in [5, 5.41) is 13.6. The van der Waals surface area contributed by atoms with Gasteiger partial charge in [0.2, 0.25) is 5.91 Å². The van der Waals surface area contributed by atoms with Gasteiger partial charge in [0.1, 0.15) is 0 Å². The summed E-state index contributed by atoms with van der Waals surface area (Å²) in [6, 6.07) is 5.93. The lowest BCUT2D eigenvalue weighted by Crippen LogP contribution is -2.52. The molecule has 8 heteroatoms. The van der Waals surface area contributed by atoms with E-state index in [1.165, 1.54) is 0 Å². The summed E-state index contributed by atoms with van der Waals surface area (Å²) in [7, 11) is -1.69. The van der Waals surface area contributed by atoms with Crippen molar-refractivity contribution >= 4 is 31.5 Å². The molecular formula is C25H37N5O2Si. The molecule has 2 aromatic rings. The first kappa shape index (κ1) is 23.5. The van der Waals surface area contributed by atoms with Gasteiger partial charge in [0, 0.05) is 16.3 Å². The summed E-state index contributed by atoms with van der Waals surface area (Å²) >= 11 is 0. The number of nitrogens with zero attached hydrogens (tertiary/aromatic N) is 2. The van der Waals surface area contributed by atoms with Gasteiger partial charge in [-0.1, -0.05) is 51.2 Å². The first-order chi connectivity index (χ1) is 15.4. The summed E-state index contributed by atoms with van der Waals surface area (Å²) in [5.74, 6) is 0.656. The summed E-state index contributed by atoms with van der Waals surface area (Å²) in [6.07, 6.45) is 3.86. The number of anilines is 2. The first-order valence-corrected chi connectivity index (χ1v) is 15.5. The van der Waals surface area contributed by atoms with Gasteiger partial charge < -0.3 is 15.5 Å². The van der Waals surface area contributed by atoms with Crippen molar-refractivity contribution < 1.29 is 9.59 Å². The number of benzene rings is 1. The second-order valence-electron chi connectivity index (χ2n) is 11.1.